The van der Waals surface area contributed by atoms with Crippen LogP contribution in [0.3, 0.4) is 0 Å². The zero-order valence-electron chi connectivity index (χ0n) is 21.3. The van der Waals surface area contributed by atoms with E-state index in [9.17, 15) is 4.79 Å². The van der Waals surface area contributed by atoms with Gasteiger partial charge in [-0.15, -0.1) is 5.10 Å². The lowest BCUT2D eigenvalue weighted by Gasteiger charge is -2.28. The van der Waals surface area contributed by atoms with Gasteiger partial charge in [0.15, 0.2) is 11.5 Å². The second-order valence-corrected chi connectivity index (χ2v) is 9.32. The summed E-state index contributed by atoms with van der Waals surface area (Å²) in [4.78, 5) is 29.8. The number of anilines is 3. The summed E-state index contributed by atoms with van der Waals surface area (Å²) in [7, 11) is 0. The van der Waals surface area contributed by atoms with Gasteiger partial charge < -0.3 is 24.7 Å². The summed E-state index contributed by atoms with van der Waals surface area (Å²) in [5.41, 5.74) is 4.98. The predicted octanol–water partition coefficient (Wildman–Crippen LogP) is 3.74. The molecule has 2 N–H and O–H groups in total. The van der Waals surface area contributed by atoms with Gasteiger partial charge in [-0.05, 0) is 18.2 Å². The van der Waals surface area contributed by atoms with Crippen LogP contribution in [0.5, 0.6) is 0 Å². The number of morpholine rings is 1. The van der Waals surface area contributed by atoms with Crippen LogP contribution in [-0.4, -0.2) is 64.3 Å². The van der Waals surface area contributed by atoms with Crippen molar-refractivity contribution in [3.05, 3.63) is 90.0 Å². The third-order valence-corrected chi connectivity index (χ3v) is 6.74. The van der Waals surface area contributed by atoms with E-state index in [-0.39, 0.29) is 17.8 Å². The highest BCUT2D eigenvalue weighted by molar-refractivity contribution is 6.19. The molecule has 198 valence electrons. The third-order valence-electron chi connectivity index (χ3n) is 6.74. The van der Waals surface area contributed by atoms with Gasteiger partial charge in [-0.25, -0.2) is 15.0 Å². The number of fused-ring (bicyclic) bond motifs is 2. The lowest BCUT2D eigenvalue weighted by molar-refractivity contribution is -0.116. The number of aliphatic imine (C=N–C) groups is 1. The number of carbonyl (C=O) groups excluding carboxylic acids is 1. The van der Waals surface area contributed by atoms with Crippen molar-refractivity contribution >= 4 is 40.2 Å². The van der Waals surface area contributed by atoms with Gasteiger partial charge in [0, 0.05) is 24.2 Å². The Bertz CT molecular complexity index is 1730. The number of ether oxygens (including phenoxy) is 1. The smallest absolute Gasteiger partial charge is 0.317 e. The van der Waals surface area contributed by atoms with E-state index in [1.165, 1.54) is 0 Å². The highest BCUT2D eigenvalue weighted by Gasteiger charge is 2.28. The molecule has 2 aliphatic rings. The molecule has 2 aliphatic heterocycles. The molecular formula is C29H24N8O3. The number of benzene rings is 3. The molecule has 4 heterocycles. The molecule has 7 rings (SSSR count). The van der Waals surface area contributed by atoms with Crippen LogP contribution >= 0.6 is 0 Å². The Hall–Kier alpha value is -5.16. The Morgan fingerprint density at radius 3 is 2.40 bits per heavy atom. The number of amides is 1. The molecule has 0 radical (unpaired) electrons. The van der Waals surface area contributed by atoms with Crippen molar-refractivity contribution in [1.82, 2.24) is 20.2 Å². The summed E-state index contributed by atoms with van der Waals surface area (Å²) in [5.74, 6) is 0.480. The van der Waals surface area contributed by atoms with Gasteiger partial charge in [0.2, 0.25) is 6.17 Å². The van der Waals surface area contributed by atoms with Crippen LogP contribution in [0.25, 0.3) is 22.6 Å². The number of aromatic nitrogens is 4. The van der Waals surface area contributed by atoms with E-state index in [0.29, 0.717) is 54.7 Å². The summed E-state index contributed by atoms with van der Waals surface area (Å²) >= 11 is 0. The number of nitrogens with zero attached hydrogens (tertiary/aromatic N) is 6. The lowest BCUT2D eigenvalue weighted by atomic mass is 10.0. The minimum Gasteiger partial charge on any atom is -0.401 e. The van der Waals surface area contributed by atoms with E-state index in [4.69, 9.17) is 24.1 Å². The van der Waals surface area contributed by atoms with Crippen LogP contribution in [0.2, 0.25) is 0 Å². The lowest BCUT2D eigenvalue weighted by Crippen LogP contribution is -2.37. The number of nitrogens with one attached hydrogen (secondary N) is 2. The normalized spacial score (nSPS) is 17.1. The van der Waals surface area contributed by atoms with Crippen molar-refractivity contribution in [3.8, 4) is 11.6 Å². The average Bonchev–Trinajstić information content (AvgIpc) is 3.43. The first-order valence-electron chi connectivity index (χ1n) is 13.0. The Morgan fingerprint density at radius 2 is 1.57 bits per heavy atom. The van der Waals surface area contributed by atoms with Crippen molar-refractivity contribution in [2.24, 2.45) is 4.99 Å². The van der Waals surface area contributed by atoms with E-state index >= 15 is 0 Å². The Labute approximate surface area is 228 Å². The monoisotopic (exact) mass is 532 g/mol. The van der Waals surface area contributed by atoms with E-state index < -0.39 is 6.17 Å². The van der Waals surface area contributed by atoms with E-state index in [1.54, 1.807) is 0 Å². The van der Waals surface area contributed by atoms with Crippen molar-refractivity contribution < 1.29 is 13.9 Å². The molecule has 0 aliphatic carbocycles. The van der Waals surface area contributed by atoms with Crippen molar-refractivity contribution in [1.29, 1.82) is 0 Å². The van der Waals surface area contributed by atoms with E-state index in [2.05, 4.69) is 25.7 Å². The second-order valence-electron chi connectivity index (χ2n) is 9.32. The maximum absolute atomic E-state index is 13.2. The predicted molar refractivity (Wildman–Crippen MR) is 150 cm³/mol. The molecule has 0 spiro atoms. The number of para-hydroxylation sites is 3. The minimum absolute atomic E-state index is 0.0418. The third kappa shape index (κ3) is 4.52. The summed E-state index contributed by atoms with van der Waals surface area (Å²) in [6, 6.07) is 25.0. The van der Waals surface area contributed by atoms with Crippen LogP contribution in [0.15, 0.2) is 88.3 Å². The van der Waals surface area contributed by atoms with Gasteiger partial charge in [-0.1, -0.05) is 65.8 Å². The summed E-state index contributed by atoms with van der Waals surface area (Å²) in [5, 5.41) is 14.4. The Kier molecular flexibility index (Phi) is 6.09. The molecule has 1 amide bonds. The van der Waals surface area contributed by atoms with Crippen LogP contribution < -0.4 is 15.5 Å². The van der Waals surface area contributed by atoms with Gasteiger partial charge in [-0.2, -0.15) is 0 Å². The SMILES string of the molecule is O=C1Nc2ccccc2C(c2ccccc2)=N[C@@H]1Nc1nnc(-c2nc3ccccc3nc2N2CCOCC2)o1. The molecule has 0 saturated carbocycles. The number of hydrogen-bond acceptors (Lipinski definition) is 10. The summed E-state index contributed by atoms with van der Waals surface area (Å²) < 4.78 is 11.5. The number of hydrogen-bond donors (Lipinski definition) is 2. The highest BCUT2D eigenvalue weighted by Crippen LogP contribution is 2.31. The minimum atomic E-state index is -1.02. The molecule has 2 aromatic heterocycles. The second kappa shape index (κ2) is 10.2. The van der Waals surface area contributed by atoms with Crippen molar-refractivity contribution in [3.63, 3.8) is 0 Å². The first-order chi connectivity index (χ1) is 19.7. The number of benzodiazepines with no additional fused rings is 1. The van der Waals surface area contributed by atoms with Gasteiger partial charge in [0.05, 0.1) is 35.6 Å². The maximum Gasteiger partial charge on any atom is 0.317 e. The Morgan fingerprint density at radius 1 is 0.850 bits per heavy atom. The van der Waals surface area contributed by atoms with Gasteiger partial charge >= 0.3 is 6.01 Å². The summed E-state index contributed by atoms with van der Waals surface area (Å²) in [6.45, 7) is 2.51. The van der Waals surface area contributed by atoms with Crippen molar-refractivity contribution in [2.45, 2.75) is 6.17 Å². The number of rotatable bonds is 5. The Balaban J connectivity index is 1.25. The molecule has 11 nitrogen and oxygen atoms in total. The first-order valence-corrected chi connectivity index (χ1v) is 13.0. The van der Waals surface area contributed by atoms with E-state index in [0.717, 1.165) is 16.6 Å². The molecule has 11 heteroatoms. The maximum atomic E-state index is 13.2. The number of carbonyl (C=O) groups is 1. The van der Waals surface area contributed by atoms with Crippen molar-refractivity contribution in [2.75, 3.05) is 41.8 Å². The zero-order chi connectivity index (χ0) is 26.9. The fourth-order valence-electron chi connectivity index (χ4n) is 4.80. The van der Waals surface area contributed by atoms with Gasteiger partial charge in [-0.3, -0.25) is 4.79 Å². The fraction of sp³-hybridized carbons (Fsp3) is 0.172. The van der Waals surface area contributed by atoms with Crippen LogP contribution in [0.1, 0.15) is 11.1 Å². The standard InChI is InChI=1S/C29H24N8O3/c38-27-25(33-23(18-8-2-1-3-9-18)19-10-4-5-11-20(19)32-27)34-29-36-35-28(40-29)24-26(37-14-16-39-17-15-37)31-22-13-7-6-12-21(22)30-24/h1-13,25H,14-17H2,(H,32,38)(H,34,36)/t25-/m1/s1. The molecular weight excluding hydrogens is 508 g/mol. The van der Waals surface area contributed by atoms with Gasteiger partial charge in [0.25, 0.3) is 11.8 Å². The molecule has 1 saturated heterocycles. The molecule has 1 atom stereocenters. The van der Waals surface area contributed by atoms with Gasteiger partial charge in [0.1, 0.15) is 0 Å². The van der Waals surface area contributed by atoms with Crippen LogP contribution in [0.4, 0.5) is 17.5 Å². The quantitative estimate of drug-likeness (QED) is 0.347. The summed E-state index contributed by atoms with van der Waals surface area (Å²) in [6.07, 6.45) is -1.02. The largest absolute Gasteiger partial charge is 0.401 e. The van der Waals surface area contributed by atoms with Crippen LogP contribution in [0, 0.1) is 0 Å². The molecule has 1 fully saturated rings. The topological polar surface area (TPSA) is 131 Å². The fourth-order valence-corrected chi connectivity index (χ4v) is 4.80. The molecule has 0 unspecified atom stereocenters. The zero-order valence-corrected chi connectivity index (χ0v) is 21.3. The first kappa shape index (κ1) is 23.9. The molecule has 40 heavy (non-hydrogen) atoms. The van der Waals surface area contributed by atoms with Crippen LogP contribution in [-0.2, 0) is 9.53 Å². The molecule has 0 bridgehead atoms. The molecule has 3 aromatic carbocycles. The molecule has 5 aromatic rings. The highest BCUT2D eigenvalue weighted by atomic mass is 16.5. The van der Waals surface area contributed by atoms with E-state index in [1.807, 2.05) is 78.9 Å². The average molecular weight is 533 g/mol.